The van der Waals surface area contributed by atoms with E-state index < -0.39 is 0 Å². The van der Waals surface area contributed by atoms with Crippen LogP contribution in [0.4, 0.5) is 4.39 Å². The summed E-state index contributed by atoms with van der Waals surface area (Å²) in [7, 11) is 0. The quantitative estimate of drug-likeness (QED) is 0.340. The van der Waals surface area contributed by atoms with Crippen LogP contribution in [0.15, 0.2) is 58.5 Å². The second-order valence-electron chi connectivity index (χ2n) is 6.77. The Morgan fingerprint density at radius 1 is 1.15 bits per heavy atom. The Balaban J connectivity index is 1.89. The summed E-state index contributed by atoms with van der Waals surface area (Å²) in [5.41, 5.74) is 0.985. The average molecular weight is 384 g/mol. The molecule has 0 N–H and O–H groups in total. The van der Waals surface area contributed by atoms with Gasteiger partial charge in [-0.1, -0.05) is 37.7 Å². The number of para-hydroxylation sites is 1. The third-order valence-corrected chi connectivity index (χ3v) is 5.23. The van der Waals surface area contributed by atoms with E-state index in [0.717, 1.165) is 6.42 Å². The number of halogens is 1. The molecule has 2 aromatic carbocycles. The predicted octanol–water partition coefficient (Wildman–Crippen LogP) is 4.56. The summed E-state index contributed by atoms with van der Waals surface area (Å²) in [5, 5.41) is 1.12. The number of thioether (sulfide) groups is 1. The fraction of sp³-hybridized carbons (Fsp3) is 0.286. The van der Waals surface area contributed by atoms with Crippen molar-refractivity contribution in [1.29, 1.82) is 0 Å². The number of benzene rings is 2. The van der Waals surface area contributed by atoms with Gasteiger partial charge in [0.2, 0.25) is 0 Å². The molecule has 0 radical (unpaired) electrons. The van der Waals surface area contributed by atoms with Gasteiger partial charge in [-0.2, -0.15) is 0 Å². The van der Waals surface area contributed by atoms with Crippen LogP contribution in [0.5, 0.6) is 0 Å². The number of carbonyl (C=O) groups is 1. The lowest BCUT2D eigenvalue weighted by molar-refractivity contribution is 0.102. The first kappa shape index (κ1) is 19.3. The second-order valence-corrected chi connectivity index (χ2v) is 7.71. The molecule has 0 saturated heterocycles. The lowest BCUT2D eigenvalue weighted by Crippen LogP contribution is -2.24. The van der Waals surface area contributed by atoms with Crippen molar-refractivity contribution in [2.45, 2.75) is 32.0 Å². The molecule has 1 heterocycles. The molecule has 3 rings (SSSR count). The predicted molar refractivity (Wildman–Crippen MR) is 107 cm³/mol. The van der Waals surface area contributed by atoms with Gasteiger partial charge in [-0.15, -0.1) is 0 Å². The van der Waals surface area contributed by atoms with Crippen molar-refractivity contribution in [3.05, 3.63) is 70.3 Å². The highest BCUT2D eigenvalue weighted by atomic mass is 32.2. The van der Waals surface area contributed by atoms with Crippen molar-refractivity contribution in [3.8, 4) is 0 Å². The fourth-order valence-corrected chi connectivity index (χ4v) is 3.61. The van der Waals surface area contributed by atoms with Crippen LogP contribution in [0.2, 0.25) is 0 Å². The van der Waals surface area contributed by atoms with Crippen LogP contribution in [0.3, 0.4) is 0 Å². The van der Waals surface area contributed by atoms with E-state index in [1.54, 1.807) is 16.7 Å². The summed E-state index contributed by atoms with van der Waals surface area (Å²) in [6, 6.07) is 12.7. The first-order valence-electron chi connectivity index (χ1n) is 8.87. The summed E-state index contributed by atoms with van der Waals surface area (Å²) in [6.45, 7) is 4.76. The molecule has 0 saturated carbocycles. The summed E-state index contributed by atoms with van der Waals surface area (Å²) in [5.74, 6) is 0.0794. The van der Waals surface area contributed by atoms with E-state index in [0.29, 0.717) is 34.1 Å². The zero-order valence-corrected chi connectivity index (χ0v) is 16.1. The molecule has 0 bridgehead atoms. The monoisotopic (exact) mass is 384 g/mol. The van der Waals surface area contributed by atoms with Gasteiger partial charge in [0.15, 0.2) is 10.9 Å². The zero-order chi connectivity index (χ0) is 19.4. The van der Waals surface area contributed by atoms with E-state index in [-0.39, 0.29) is 22.9 Å². The molecule has 0 atom stereocenters. The van der Waals surface area contributed by atoms with Gasteiger partial charge in [-0.3, -0.25) is 14.2 Å². The Morgan fingerprint density at radius 2 is 1.85 bits per heavy atom. The molecule has 6 heteroatoms. The number of nitrogens with zero attached hydrogens (tertiary/aromatic N) is 2. The molecule has 4 nitrogen and oxygen atoms in total. The lowest BCUT2D eigenvalue weighted by atomic mass is 10.1. The van der Waals surface area contributed by atoms with Gasteiger partial charge < -0.3 is 0 Å². The van der Waals surface area contributed by atoms with Crippen molar-refractivity contribution in [2.75, 3.05) is 5.75 Å². The molecule has 0 fully saturated rings. The molecule has 0 spiro atoms. The van der Waals surface area contributed by atoms with E-state index in [9.17, 15) is 14.0 Å². The zero-order valence-electron chi connectivity index (χ0n) is 15.3. The van der Waals surface area contributed by atoms with Crippen LogP contribution in [0.25, 0.3) is 10.9 Å². The molecule has 27 heavy (non-hydrogen) atoms. The molecule has 0 aliphatic heterocycles. The third-order valence-electron chi connectivity index (χ3n) is 4.26. The van der Waals surface area contributed by atoms with E-state index >= 15 is 0 Å². The van der Waals surface area contributed by atoms with E-state index in [2.05, 4.69) is 18.8 Å². The van der Waals surface area contributed by atoms with Crippen molar-refractivity contribution in [3.63, 3.8) is 0 Å². The molecule has 1 aromatic heterocycles. The van der Waals surface area contributed by atoms with E-state index in [1.807, 2.05) is 12.1 Å². The van der Waals surface area contributed by atoms with Crippen molar-refractivity contribution < 1.29 is 9.18 Å². The smallest absolute Gasteiger partial charge is 0.262 e. The molecule has 3 aromatic rings. The maximum Gasteiger partial charge on any atom is 0.262 e. The topological polar surface area (TPSA) is 52.0 Å². The van der Waals surface area contributed by atoms with Crippen LogP contribution in [-0.4, -0.2) is 21.1 Å². The highest BCUT2D eigenvalue weighted by Crippen LogP contribution is 2.20. The van der Waals surface area contributed by atoms with Gasteiger partial charge in [0.25, 0.3) is 5.56 Å². The van der Waals surface area contributed by atoms with Gasteiger partial charge >= 0.3 is 0 Å². The minimum absolute atomic E-state index is 0.0852. The lowest BCUT2D eigenvalue weighted by Gasteiger charge is -2.14. The largest absolute Gasteiger partial charge is 0.293 e. The summed E-state index contributed by atoms with van der Waals surface area (Å²) in [6.07, 6.45) is 0.847. The average Bonchev–Trinajstić information content (AvgIpc) is 2.66. The van der Waals surface area contributed by atoms with Crippen LogP contribution in [-0.2, 0) is 6.54 Å². The number of aromatic nitrogens is 2. The first-order chi connectivity index (χ1) is 13.0. The number of hydrogen-bond donors (Lipinski definition) is 0. The number of fused-ring (bicyclic) bond motifs is 1. The molecule has 0 unspecified atom stereocenters. The van der Waals surface area contributed by atoms with Gasteiger partial charge in [0.05, 0.1) is 16.7 Å². The summed E-state index contributed by atoms with van der Waals surface area (Å²) in [4.78, 5) is 29.9. The molecule has 0 aliphatic rings. The van der Waals surface area contributed by atoms with Crippen LogP contribution in [0, 0.1) is 11.7 Å². The Bertz CT molecular complexity index is 1010. The normalized spacial score (nSPS) is 11.3. The number of ketones is 1. The summed E-state index contributed by atoms with van der Waals surface area (Å²) < 4.78 is 14.7. The van der Waals surface area contributed by atoms with Gasteiger partial charge in [-0.25, -0.2) is 9.37 Å². The molecule has 140 valence electrons. The highest BCUT2D eigenvalue weighted by molar-refractivity contribution is 7.99. The fourth-order valence-electron chi connectivity index (χ4n) is 2.69. The molecule has 0 aliphatic carbocycles. The summed E-state index contributed by atoms with van der Waals surface area (Å²) >= 11 is 1.24. The number of Topliss-reactive ketones (excluding diaryl/α,β-unsaturated/α-hetero) is 1. The molecule has 0 amide bonds. The van der Waals surface area contributed by atoms with Crippen LogP contribution >= 0.6 is 11.8 Å². The minimum Gasteiger partial charge on any atom is -0.293 e. The minimum atomic E-state index is -0.377. The van der Waals surface area contributed by atoms with Crippen molar-refractivity contribution >= 4 is 28.4 Å². The third kappa shape index (κ3) is 4.63. The van der Waals surface area contributed by atoms with Crippen LogP contribution in [0.1, 0.15) is 30.6 Å². The second kappa shape index (κ2) is 8.48. The Kier molecular flexibility index (Phi) is 6.06. The van der Waals surface area contributed by atoms with Gasteiger partial charge in [0.1, 0.15) is 5.82 Å². The van der Waals surface area contributed by atoms with Gasteiger partial charge in [-0.05, 0) is 48.7 Å². The first-order valence-corrected chi connectivity index (χ1v) is 9.85. The number of rotatable bonds is 7. The number of hydrogen-bond acceptors (Lipinski definition) is 4. The maximum atomic E-state index is 13.0. The SMILES string of the molecule is CC(C)CCn1c(SCC(=O)c2ccc(F)cc2)nc2ccccc2c1=O. The highest BCUT2D eigenvalue weighted by Gasteiger charge is 2.14. The van der Waals surface area contributed by atoms with E-state index in [1.165, 1.54) is 36.0 Å². The Hall–Kier alpha value is -2.47. The van der Waals surface area contributed by atoms with Gasteiger partial charge in [0, 0.05) is 12.1 Å². The van der Waals surface area contributed by atoms with Crippen LogP contribution < -0.4 is 5.56 Å². The van der Waals surface area contributed by atoms with Crippen molar-refractivity contribution in [2.24, 2.45) is 5.92 Å². The Labute approximate surface area is 161 Å². The maximum absolute atomic E-state index is 13.0. The Morgan fingerprint density at radius 3 is 2.56 bits per heavy atom. The van der Waals surface area contributed by atoms with Crippen molar-refractivity contribution in [1.82, 2.24) is 9.55 Å². The number of carbonyl (C=O) groups excluding carboxylic acids is 1. The molecular weight excluding hydrogens is 363 g/mol. The standard InChI is InChI=1S/C21H21FN2O2S/c1-14(2)11-12-24-20(26)17-5-3-4-6-18(17)23-21(24)27-13-19(25)15-7-9-16(22)10-8-15/h3-10,14H,11-13H2,1-2H3. The molecular formula is C21H21FN2O2S. The van der Waals surface area contributed by atoms with E-state index in [4.69, 9.17) is 0 Å².